The number of benzene rings is 2. The summed E-state index contributed by atoms with van der Waals surface area (Å²) in [5.41, 5.74) is 12.5. The Kier molecular flexibility index (Phi) is 36.8. The van der Waals surface area contributed by atoms with Crippen molar-refractivity contribution in [1.82, 2.24) is 75.4 Å². The van der Waals surface area contributed by atoms with Crippen LogP contribution in [0.25, 0.3) is 28.3 Å². The molecule has 10 rings (SSSR count). The van der Waals surface area contributed by atoms with Crippen LogP contribution in [-0.2, 0) is 129 Å². The summed E-state index contributed by atoms with van der Waals surface area (Å²) < 4.78 is 110. The summed E-state index contributed by atoms with van der Waals surface area (Å²) in [6.07, 6.45) is -9.48. The number of rotatable bonds is 40. The van der Waals surface area contributed by atoms with Gasteiger partial charge in [-0.3, -0.25) is 19.3 Å². The van der Waals surface area contributed by atoms with Gasteiger partial charge in [0.15, 0.2) is 47.0 Å². The van der Waals surface area contributed by atoms with Crippen LogP contribution in [-0.4, -0.2) is 368 Å². The van der Waals surface area contributed by atoms with E-state index in [9.17, 15) is 53.4 Å². The van der Waals surface area contributed by atoms with Crippen molar-refractivity contribution >= 4 is 33.2 Å². The molecule has 3 amide bonds. The minimum absolute atomic E-state index is 0.179. The van der Waals surface area contributed by atoms with E-state index in [1.165, 1.54) is 42.7 Å². The molecule has 8 heterocycles. The number of hydrogen-bond donors (Lipinski definition) is 10. The van der Waals surface area contributed by atoms with Gasteiger partial charge >= 0.3 is 0 Å². The molecule has 4 aliphatic rings. The van der Waals surface area contributed by atoms with Crippen LogP contribution in [0.15, 0.2) is 79.6 Å². The molecule has 0 saturated carbocycles. The van der Waals surface area contributed by atoms with Crippen LogP contribution in [0.3, 0.4) is 0 Å². The number of aromatic nitrogens is 11. The molecule has 0 bridgehead atoms. The lowest BCUT2D eigenvalue weighted by Gasteiger charge is -2.40. The zero-order valence-electron chi connectivity index (χ0n) is 62.9. The second-order valence-corrected chi connectivity index (χ2v) is 27.7. The minimum Gasteiger partial charge on any atom is -0.399 e. The average Bonchev–Trinajstić information content (AvgIpc) is 0.877. The number of aryl methyl sites for hydroxylation is 1. The van der Waals surface area contributed by atoms with Gasteiger partial charge in [-0.25, -0.2) is 27.4 Å². The van der Waals surface area contributed by atoms with E-state index in [4.69, 9.17) is 76.8 Å². The summed E-state index contributed by atoms with van der Waals surface area (Å²) in [4.78, 5) is 43.8. The lowest BCUT2D eigenvalue weighted by Crippen LogP contribution is -2.62. The van der Waals surface area contributed by atoms with Crippen molar-refractivity contribution in [2.45, 2.75) is 118 Å². The first-order chi connectivity index (χ1) is 53.6. The van der Waals surface area contributed by atoms with Crippen molar-refractivity contribution in [2.24, 2.45) is 7.05 Å². The molecule has 43 heteroatoms. The number of ether oxygens (including phenoxy) is 15. The third kappa shape index (κ3) is 25.9. The van der Waals surface area contributed by atoms with Crippen LogP contribution < -0.4 is 21.7 Å². The first-order valence-electron chi connectivity index (χ1n) is 35.7. The molecule has 2 aromatic carbocycles. The second kappa shape index (κ2) is 45.9. The molecule has 0 aliphatic carbocycles. The van der Waals surface area contributed by atoms with E-state index >= 15 is 0 Å². The van der Waals surface area contributed by atoms with Crippen molar-refractivity contribution in [1.29, 1.82) is 0 Å². The van der Waals surface area contributed by atoms with Gasteiger partial charge in [-0.05, 0) is 29.8 Å². The second-order valence-electron chi connectivity index (χ2n) is 25.4. The molecule has 111 heavy (non-hydrogen) atoms. The highest BCUT2D eigenvalue weighted by atomic mass is 32.2. The summed E-state index contributed by atoms with van der Waals surface area (Å²) in [5, 5.41) is 92.8. The largest absolute Gasteiger partial charge is 0.399 e. The molecule has 618 valence electrons. The van der Waals surface area contributed by atoms with Gasteiger partial charge in [0.2, 0.25) is 0 Å². The fourth-order valence-electron chi connectivity index (χ4n) is 11.9. The Labute approximate surface area is 640 Å². The van der Waals surface area contributed by atoms with E-state index in [1.807, 2.05) is 60.1 Å². The Morgan fingerprint density at radius 1 is 0.495 bits per heavy atom. The molecule has 4 fully saturated rings. The number of nitrogens with zero attached hydrogens (tertiary/aromatic N) is 12. The van der Waals surface area contributed by atoms with Crippen LogP contribution in [0.4, 0.5) is 5.69 Å². The standard InChI is InChI=1S/C24H37N5O9.C23H41N5O11S.C21H26N6O6/c1-33-21-19(30)20(31)24(34-2)38-22(21)23(32)26-7-9-35-11-13-37-14-12-36-10-8-29-18(15-27-28-29)16-3-5-17(25)6-4-16;1-34-20-18(29)19(30)23(35-2)39-21(20)22(31)24-3-7-36-9-11-38-12-10-37-8-4-28-17(15-25-26-28)16-27-5-13-40(32,33)14-6-27;1-26-11-22-9-14(26)15-10-24-25-27(15)13-6-4-12(5-7-13)8-23-20(30)19-18(31-2)16(28)17(29)21(32-3)33-19/h3-6,15,19-22,24,30-31H,7-14,25H2,1-2H3,(H,26,32);15,18-21,23,29-30H,3-14,16H2,1-2H3,(H,24,31);4-7,9-11,16-19,21,28-29H,8H2,1-3H3,(H,23,30)/t19-,20+,21+,22?,24-;18-,19+,20+,21?,23-;16-,17+,18+,19?,21-/m111/s1. The van der Waals surface area contributed by atoms with Crippen molar-refractivity contribution < 1.29 is 124 Å². The molecule has 4 saturated heterocycles. The predicted octanol–water partition coefficient (Wildman–Crippen LogP) is -5.02. The smallest absolute Gasteiger partial charge is 0.252 e. The average molecular weight is 1590 g/mol. The van der Waals surface area contributed by atoms with E-state index in [0.29, 0.717) is 104 Å². The highest BCUT2D eigenvalue weighted by molar-refractivity contribution is 7.91. The van der Waals surface area contributed by atoms with Crippen molar-refractivity contribution in [3.8, 4) is 28.3 Å². The normalized spacial score (nSPS) is 25.3. The van der Waals surface area contributed by atoms with Crippen LogP contribution in [0, 0.1) is 0 Å². The fraction of sp³-hybridized carbons (Fsp3) is 0.647. The lowest BCUT2D eigenvalue weighted by molar-refractivity contribution is -0.287. The molecular formula is C68H104N16O26S. The van der Waals surface area contributed by atoms with Gasteiger partial charge < -0.3 is 128 Å². The van der Waals surface area contributed by atoms with Crippen LogP contribution in [0.5, 0.6) is 0 Å². The molecule has 15 atom stereocenters. The van der Waals surface area contributed by atoms with Crippen molar-refractivity contribution in [2.75, 3.05) is 165 Å². The number of aliphatic hydroxyl groups is 6. The highest BCUT2D eigenvalue weighted by Gasteiger charge is 2.50. The number of aliphatic hydroxyl groups excluding tert-OH is 6. The number of methoxy groups -OCH3 is 6. The molecule has 3 unspecified atom stereocenters. The number of amides is 3. The Bertz CT molecular complexity index is 3790. The Hall–Kier alpha value is -7.65. The van der Waals surface area contributed by atoms with Crippen molar-refractivity contribution in [3.63, 3.8) is 0 Å². The number of anilines is 1. The zero-order valence-corrected chi connectivity index (χ0v) is 63.7. The minimum atomic E-state index is -2.91. The molecule has 4 aliphatic heterocycles. The van der Waals surface area contributed by atoms with Crippen LogP contribution in [0.2, 0.25) is 0 Å². The quantitative estimate of drug-likeness (QED) is 0.0127. The van der Waals surface area contributed by atoms with Gasteiger partial charge in [0.1, 0.15) is 60.6 Å². The molecule has 4 aromatic heterocycles. The van der Waals surface area contributed by atoms with Crippen LogP contribution in [0.1, 0.15) is 11.3 Å². The van der Waals surface area contributed by atoms with Gasteiger partial charge in [0, 0.05) is 100 Å². The molecule has 11 N–H and O–H groups in total. The topological polar surface area (TPSA) is 520 Å². The van der Waals surface area contributed by atoms with E-state index in [2.05, 4.69) is 56.8 Å². The van der Waals surface area contributed by atoms with Gasteiger partial charge in [-0.1, -0.05) is 39.9 Å². The summed E-state index contributed by atoms with van der Waals surface area (Å²) in [7, 11) is 6.88. The first-order valence-corrected chi connectivity index (χ1v) is 37.5. The predicted molar refractivity (Wildman–Crippen MR) is 386 cm³/mol. The number of nitrogens with one attached hydrogen (secondary N) is 3. The first kappa shape index (κ1) is 88.9. The van der Waals surface area contributed by atoms with E-state index in [0.717, 1.165) is 39.6 Å². The zero-order chi connectivity index (χ0) is 79.8. The Balaban J connectivity index is 0.000000210. The van der Waals surface area contributed by atoms with Gasteiger partial charge in [-0.2, -0.15) is 0 Å². The molecule has 42 nitrogen and oxygen atoms in total. The third-order valence-electron chi connectivity index (χ3n) is 18.0. The number of nitrogen functional groups attached to an aromatic ring is 1. The van der Waals surface area contributed by atoms with Gasteiger partial charge in [0.25, 0.3) is 17.7 Å². The highest BCUT2D eigenvalue weighted by Crippen LogP contribution is 2.28. The van der Waals surface area contributed by atoms with Gasteiger partial charge in [0.05, 0.1) is 158 Å². The number of imidazole rings is 1. The molecule has 0 spiro atoms. The van der Waals surface area contributed by atoms with Crippen LogP contribution >= 0.6 is 0 Å². The Morgan fingerprint density at radius 2 is 0.919 bits per heavy atom. The van der Waals surface area contributed by atoms with E-state index < -0.39 is 120 Å². The third-order valence-corrected chi connectivity index (χ3v) is 19.6. The number of carbonyl (C=O) groups is 3. The number of hydrogen-bond acceptors (Lipinski definition) is 35. The summed E-state index contributed by atoms with van der Waals surface area (Å²) in [6, 6.07) is 15.0. The number of carbonyl (C=O) groups excluding carboxylic acids is 3. The molecular weight excluding hydrogens is 1490 g/mol. The summed E-state index contributed by atoms with van der Waals surface area (Å²) >= 11 is 0. The Morgan fingerprint density at radius 3 is 1.38 bits per heavy atom. The van der Waals surface area contributed by atoms with E-state index in [-0.39, 0.29) is 44.4 Å². The van der Waals surface area contributed by atoms with E-state index in [1.54, 1.807) is 45.2 Å². The number of sulfone groups is 1. The lowest BCUT2D eigenvalue weighted by atomic mass is 9.98. The maximum atomic E-state index is 12.7. The SMILES string of the molecule is CO[C@@H]1OC(C(=O)NCCOCCOCCOCCn2nncc2-c2ccc(N)cc2)[C@@H](OC)[C@H](O)[C@@H]1O.CO[C@@H]1OC(C(=O)NCCOCCOCCOCCn2nncc2CN2CCS(=O)(=O)CC2)[C@@H](OC)[C@H](O)[C@@H]1O.CO[C@@H]1OC(C(=O)NCc2ccc(-n3nncc3-c3cncn3C)cc2)[C@@H](OC)[C@H](O)[C@@H]1O. The van der Waals surface area contributed by atoms with Crippen molar-refractivity contribution in [3.05, 3.63) is 90.9 Å². The maximum absolute atomic E-state index is 12.7. The fourth-order valence-corrected chi connectivity index (χ4v) is 13.2. The van der Waals surface area contributed by atoms with Gasteiger partial charge in [-0.15, -0.1) is 15.3 Å². The summed E-state index contributed by atoms with van der Waals surface area (Å²) in [5.74, 6) is -1.16. The molecule has 0 radical (unpaired) electrons. The number of nitrogens with two attached hydrogens (primary N) is 1. The monoisotopic (exact) mass is 1590 g/mol. The molecule has 6 aromatic rings. The summed E-state index contributed by atoms with van der Waals surface area (Å²) in [6.45, 7) is 7.74. The maximum Gasteiger partial charge on any atom is 0.252 e.